The molecule has 1 rings (SSSR count). The van der Waals surface area contributed by atoms with Gasteiger partial charge in [0.05, 0.1) is 12.8 Å². The topological polar surface area (TPSA) is 55.5 Å². The lowest BCUT2D eigenvalue weighted by atomic mass is 10.2. The van der Waals surface area contributed by atoms with Gasteiger partial charge in [-0.05, 0) is 30.4 Å². The Morgan fingerprint density at radius 3 is 2.75 bits per heavy atom. The van der Waals surface area contributed by atoms with Crippen molar-refractivity contribution in [3.63, 3.8) is 0 Å². The Kier molecular flexibility index (Phi) is 2.50. The number of benzene rings is 1. The SMILES string of the molecule is COc1cc(C(O)=S)ccc1N. The molecule has 0 heterocycles. The highest BCUT2D eigenvalue weighted by molar-refractivity contribution is 7.80. The fourth-order valence-electron chi connectivity index (χ4n) is 0.844. The van der Waals surface area contributed by atoms with Crippen LogP contribution in [0.2, 0.25) is 0 Å². The summed E-state index contributed by atoms with van der Waals surface area (Å²) in [7, 11) is 1.51. The van der Waals surface area contributed by atoms with E-state index in [0.717, 1.165) is 0 Å². The van der Waals surface area contributed by atoms with Crippen LogP contribution in [0.5, 0.6) is 5.75 Å². The maximum absolute atomic E-state index is 8.97. The zero-order valence-electron chi connectivity index (χ0n) is 6.57. The minimum absolute atomic E-state index is 0.159. The van der Waals surface area contributed by atoms with Crippen LogP contribution < -0.4 is 10.5 Å². The first-order valence-corrected chi connectivity index (χ1v) is 3.73. The molecule has 0 aliphatic heterocycles. The van der Waals surface area contributed by atoms with Crippen LogP contribution in [0.1, 0.15) is 5.56 Å². The average molecular weight is 183 g/mol. The molecule has 4 heteroatoms. The Bertz CT molecular complexity index is 312. The number of aliphatic hydroxyl groups is 1. The van der Waals surface area contributed by atoms with Crippen LogP contribution in [0.3, 0.4) is 0 Å². The largest absolute Gasteiger partial charge is 0.499 e. The van der Waals surface area contributed by atoms with Crippen molar-refractivity contribution in [1.29, 1.82) is 0 Å². The van der Waals surface area contributed by atoms with Gasteiger partial charge in [0, 0.05) is 5.56 Å². The molecule has 12 heavy (non-hydrogen) atoms. The van der Waals surface area contributed by atoms with Gasteiger partial charge in [0.25, 0.3) is 0 Å². The Morgan fingerprint density at radius 2 is 2.25 bits per heavy atom. The molecule has 3 nitrogen and oxygen atoms in total. The third kappa shape index (κ3) is 1.65. The molecule has 0 amide bonds. The van der Waals surface area contributed by atoms with Gasteiger partial charge in [-0.15, -0.1) is 0 Å². The van der Waals surface area contributed by atoms with Gasteiger partial charge in [-0.2, -0.15) is 0 Å². The predicted molar refractivity (Wildman–Crippen MR) is 51.7 cm³/mol. The van der Waals surface area contributed by atoms with Crippen LogP contribution in [0.15, 0.2) is 18.2 Å². The molecule has 0 saturated heterocycles. The van der Waals surface area contributed by atoms with Crippen molar-refractivity contribution in [2.45, 2.75) is 0 Å². The van der Waals surface area contributed by atoms with E-state index in [9.17, 15) is 0 Å². The second kappa shape index (κ2) is 3.40. The minimum Gasteiger partial charge on any atom is -0.499 e. The van der Waals surface area contributed by atoms with Gasteiger partial charge >= 0.3 is 0 Å². The summed E-state index contributed by atoms with van der Waals surface area (Å²) in [6.45, 7) is 0. The van der Waals surface area contributed by atoms with Gasteiger partial charge in [0.15, 0.2) is 5.05 Å². The van der Waals surface area contributed by atoms with E-state index in [0.29, 0.717) is 17.0 Å². The number of thiocarbonyl (C=S) groups is 1. The molecule has 0 spiro atoms. The van der Waals surface area contributed by atoms with E-state index in [1.165, 1.54) is 7.11 Å². The Labute approximate surface area is 75.8 Å². The van der Waals surface area contributed by atoms with Crippen LogP contribution in [-0.4, -0.2) is 17.3 Å². The summed E-state index contributed by atoms with van der Waals surface area (Å²) in [5.41, 5.74) is 6.61. The summed E-state index contributed by atoms with van der Waals surface area (Å²) in [6, 6.07) is 4.87. The average Bonchev–Trinajstić information content (AvgIpc) is 2.05. The van der Waals surface area contributed by atoms with E-state index in [1.54, 1.807) is 18.2 Å². The van der Waals surface area contributed by atoms with Crippen molar-refractivity contribution in [2.24, 2.45) is 0 Å². The quantitative estimate of drug-likeness (QED) is 0.539. The molecular formula is C8H9NO2S. The fourth-order valence-corrected chi connectivity index (χ4v) is 0.971. The lowest BCUT2D eigenvalue weighted by Gasteiger charge is -2.05. The number of nitrogen functional groups attached to an aromatic ring is 1. The van der Waals surface area contributed by atoms with E-state index in [4.69, 9.17) is 15.6 Å². The number of aliphatic hydroxyl groups excluding tert-OH is 1. The molecule has 0 radical (unpaired) electrons. The third-order valence-electron chi connectivity index (χ3n) is 1.48. The van der Waals surface area contributed by atoms with Gasteiger partial charge in [-0.1, -0.05) is 0 Å². The van der Waals surface area contributed by atoms with Crippen molar-refractivity contribution in [2.75, 3.05) is 12.8 Å². The van der Waals surface area contributed by atoms with E-state index < -0.39 is 0 Å². The number of anilines is 1. The van der Waals surface area contributed by atoms with Crippen LogP contribution in [0.4, 0.5) is 5.69 Å². The van der Waals surface area contributed by atoms with Crippen molar-refractivity contribution in [3.05, 3.63) is 23.8 Å². The first-order chi connectivity index (χ1) is 5.65. The smallest absolute Gasteiger partial charge is 0.188 e. The third-order valence-corrected chi connectivity index (χ3v) is 1.72. The van der Waals surface area contributed by atoms with Crippen LogP contribution in [0.25, 0.3) is 0 Å². The van der Waals surface area contributed by atoms with E-state index in [2.05, 4.69) is 12.2 Å². The van der Waals surface area contributed by atoms with Crippen LogP contribution >= 0.6 is 12.2 Å². The highest BCUT2D eigenvalue weighted by atomic mass is 32.1. The number of rotatable bonds is 2. The van der Waals surface area contributed by atoms with Gasteiger partial charge in [0.1, 0.15) is 5.75 Å². The maximum Gasteiger partial charge on any atom is 0.188 e. The molecular weight excluding hydrogens is 174 g/mol. The number of nitrogens with two attached hydrogens (primary N) is 1. The second-order valence-electron chi connectivity index (χ2n) is 2.26. The van der Waals surface area contributed by atoms with Gasteiger partial charge in [0.2, 0.25) is 0 Å². The van der Waals surface area contributed by atoms with E-state index in [1.807, 2.05) is 0 Å². The Hall–Kier alpha value is -1.29. The van der Waals surface area contributed by atoms with Crippen molar-refractivity contribution in [1.82, 2.24) is 0 Å². The lowest BCUT2D eigenvalue weighted by Crippen LogP contribution is -1.98. The molecule has 3 N–H and O–H groups in total. The standard InChI is InChI=1S/C8H9NO2S/c1-11-7-4-5(8(10)12)2-3-6(7)9/h2-4H,9H2,1H3,(H,10,12). The number of ether oxygens (including phenoxy) is 1. The first kappa shape index (κ1) is 8.80. The monoisotopic (exact) mass is 183 g/mol. The second-order valence-corrected chi connectivity index (χ2v) is 2.65. The van der Waals surface area contributed by atoms with Crippen LogP contribution in [0, 0.1) is 0 Å². The molecule has 0 unspecified atom stereocenters. The zero-order chi connectivity index (χ0) is 9.14. The molecule has 0 aromatic heterocycles. The summed E-state index contributed by atoms with van der Waals surface area (Å²) in [5, 5.41) is 8.81. The summed E-state index contributed by atoms with van der Waals surface area (Å²) in [4.78, 5) is 0. The Balaban J connectivity index is 3.13. The van der Waals surface area contributed by atoms with Gasteiger partial charge in [-0.25, -0.2) is 0 Å². The molecule has 0 aliphatic rings. The van der Waals surface area contributed by atoms with E-state index in [-0.39, 0.29) is 5.05 Å². The molecule has 0 fully saturated rings. The number of hydrogen-bond donors (Lipinski definition) is 2. The summed E-state index contributed by atoms with van der Waals surface area (Å²) in [5.74, 6) is 0.518. The maximum atomic E-state index is 8.97. The zero-order valence-corrected chi connectivity index (χ0v) is 7.39. The van der Waals surface area contributed by atoms with Crippen LogP contribution in [-0.2, 0) is 0 Å². The molecule has 1 aromatic carbocycles. The molecule has 0 bridgehead atoms. The molecule has 0 atom stereocenters. The van der Waals surface area contributed by atoms with Gasteiger partial charge < -0.3 is 15.6 Å². The fraction of sp³-hybridized carbons (Fsp3) is 0.125. The van der Waals surface area contributed by atoms with Crippen molar-refractivity contribution >= 4 is 23.0 Å². The summed E-state index contributed by atoms with van der Waals surface area (Å²) >= 11 is 4.57. The first-order valence-electron chi connectivity index (χ1n) is 3.32. The highest BCUT2D eigenvalue weighted by Gasteiger charge is 2.03. The summed E-state index contributed by atoms with van der Waals surface area (Å²) < 4.78 is 4.94. The predicted octanol–water partition coefficient (Wildman–Crippen LogP) is 1.51. The highest BCUT2D eigenvalue weighted by Crippen LogP contribution is 2.22. The Morgan fingerprint density at radius 1 is 1.58 bits per heavy atom. The van der Waals surface area contributed by atoms with E-state index >= 15 is 0 Å². The molecule has 0 aliphatic carbocycles. The van der Waals surface area contributed by atoms with Crippen molar-refractivity contribution < 1.29 is 9.84 Å². The summed E-state index contributed by atoms with van der Waals surface area (Å²) in [6.07, 6.45) is 0. The normalized spacial score (nSPS) is 9.42. The molecule has 1 aromatic rings. The van der Waals surface area contributed by atoms with Crippen molar-refractivity contribution in [3.8, 4) is 5.75 Å². The number of methoxy groups -OCH3 is 1. The molecule has 64 valence electrons. The minimum atomic E-state index is -0.159. The number of hydrogen-bond acceptors (Lipinski definition) is 3. The lowest BCUT2D eigenvalue weighted by molar-refractivity contribution is 0.416. The van der Waals surface area contributed by atoms with Gasteiger partial charge in [-0.3, -0.25) is 0 Å². The molecule has 0 saturated carbocycles.